The number of aromatic nitrogens is 2. The van der Waals surface area contributed by atoms with Crippen LogP contribution in [0, 0.1) is 23.2 Å². The second-order valence-corrected chi connectivity index (χ2v) is 11.0. The van der Waals surface area contributed by atoms with E-state index in [1.54, 1.807) is 11.7 Å². The third kappa shape index (κ3) is 3.77. The summed E-state index contributed by atoms with van der Waals surface area (Å²) in [6.07, 6.45) is 7.61. The monoisotopic (exact) mass is 472 g/mol. The molecule has 1 aromatic heterocycles. The molecule has 35 heavy (non-hydrogen) atoms. The van der Waals surface area contributed by atoms with Crippen LogP contribution >= 0.6 is 0 Å². The van der Waals surface area contributed by atoms with E-state index in [0.29, 0.717) is 12.1 Å². The number of methoxy groups -OCH3 is 1. The van der Waals surface area contributed by atoms with E-state index in [1.807, 2.05) is 53.1 Å². The molecule has 4 aliphatic rings. The molecule has 0 aliphatic heterocycles. The Morgan fingerprint density at radius 3 is 2.03 bits per heavy atom. The van der Waals surface area contributed by atoms with Crippen molar-refractivity contribution in [2.45, 2.75) is 51.6 Å². The number of ether oxygens (including phenoxy) is 1. The molecule has 0 unspecified atom stereocenters. The lowest BCUT2D eigenvalue weighted by atomic mass is 9.49. The third-order valence-corrected chi connectivity index (χ3v) is 8.64. The molecule has 0 atom stereocenters. The zero-order chi connectivity index (χ0) is 24.2. The minimum atomic E-state index is -0.651. The molecule has 7 rings (SSSR count). The van der Waals surface area contributed by atoms with Crippen LogP contribution in [0.4, 0.5) is 0 Å². The van der Waals surface area contributed by atoms with Gasteiger partial charge < -0.3 is 15.1 Å². The summed E-state index contributed by atoms with van der Waals surface area (Å²) in [6.45, 7) is 0.952. The Morgan fingerprint density at radius 2 is 1.49 bits per heavy atom. The van der Waals surface area contributed by atoms with Crippen LogP contribution in [0.5, 0.6) is 5.75 Å². The number of nitrogens with zero attached hydrogens (tertiary/aromatic N) is 3. The summed E-state index contributed by atoms with van der Waals surface area (Å²) in [6, 6.07) is 15.3. The number of hydrogen-bond donors (Lipinski definition) is 1. The van der Waals surface area contributed by atoms with E-state index in [0.717, 1.165) is 34.6 Å². The van der Waals surface area contributed by atoms with Crippen LogP contribution in [0.25, 0.3) is 11.0 Å². The topological polar surface area (TPSA) is 91.6 Å². The smallest absolute Gasteiger partial charge is 0.303 e. The molecule has 4 aliphatic carbocycles. The zero-order valence-electron chi connectivity index (χ0n) is 20.2. The SMILES string of the molecule is COc1ccc(Cn2c(=O)c(=O)c(=NN)n(CC34CC5CC(CC(C5)C3)C4)c3ccccc32)cc1. The van der Waals surface area contributed by atoms with Crippen LogP contribution in [0.1, 0.15) is 44.1 Å². The Hall–Kier alpha value is -3.35. The van der Waals surface area contributed by atoms with Gasteiger partial charge in [-0.05, 0) is 91.5 Å². The van der Waals surface area contributed by atoms with Gasteiger partial charge in [0.05, 0.1) is 24.7 Å². The van der Waals surface area contributed by atoms with Gasteiger partial charge in [-0.1, -0.05) is 24.3 Å². The highest BCUT2D eigenvalue weighted by Crippen LogP contribution is 2.60. The molecule has 7 nitrogen and oxygen atoms in total. The fraction of sp³-hybridized carbons (Fsp3) is 0.464. The summed E-state index contributed by atoms with van der Waals surface area (Å²) in [5, 5.41) is 3.91. The first-order valence-electron chi connectivity index (χ1n) is 12.6. The fourth-order valence-electron chi connectivity index (χ4n) is 7.66. The minimum Gasteiger partial charge on any atom is -0.497 e. The van der Waals surface area contributed by atoms with Crippen molar-refractivity contribution < 1.29 is 4.74 Å². The molecule has 7 heteroatoms. The van der Waals surface area contributed by atoms with Crippen LogP contribution in [-0.4, -0.2) is 16.2 Å². The molecule has 0 saturated heterocycles. The van der Waals surface area contributed by atoms with Crippen LogP contribution in [0.2, 0.25) is 0 Å². The van der Waals surface area contributed by atoms with E-state index in [4.69, 9.17) is 10.6 Å². The molecule has 0 amide bonds. The fourth-order valence-corrected chi connectivity index (χ4v) is 7.66. The molecule has 4 bridgehead atoms. The Labute approximate surface area is 203 Å². The zero-order valence-corrected chi connectivity index (χ0v) is 20.2. The van der Waals surface area contributed by atoms with Crippen LogP contribution in [0.15, 0.2) is 63.2 Å². The predicted molar refractivity (Wildman–Crippen MR) is 135 cm³/mol. The number of rotatable bonds is 5. The summed E-state index contributed by atoms with van der Waals surface area (Å²) in [7, 11) is 1.62. The maximum absolute atomic E-state index is 13.5. The molecule has 1 heterocycles. The van der Waals surface area contributed by atoms with Gasteiger partial charge in [0.1, 0.15) is 5.75 Å². The van der Waals surface area contributed by atoms with E-state index >= 15 is 0 Å². The second-order valence-electron chi connectivity index (χ2n) is 11.0. The van der Waals surface area contributed by atoms with Gasteiger partial charge in [-0.2, -0.15) is 5.10 Å². The Bertz CT molecular complexity index is 1430. The quantitative estimate of drug-likeness (QED) is 0.351. The van der Waals surface area contributed by atoms with Crippen molar-refractivity contribution in [1.29, 1.82) is 0 Å². The molecule has 4 saturated carbocycles. The number of nitrogens with two attached hydrogens (primary N) is 1. The van der Waals surface area contributed by atoms with Crippen molar-refractivity contribution in [3.63, 3.8) is 0 Å². The van der Waals surface area contributed by atoms with Crippen molar-refractivity contribution >= 4 is 11.0 Å². The lowest BCUT2D eigenvalue weighted by Gasteiger charge is -2.57. The molecule has 2 N–H and O–H groups in total. The molecule has 4 fully saturated rings. The van der Waals surface area contributed by atoms with Crippen LogP contribution in [-0.2, 0) is 13.1 Å². The standard InChI is InChI=1S/C28H32N4O3/c1-35-22-8-6-18(7-9-22)16-31-23-4-2-3-5-24(23)32(26(30-29)25(33)27(31)34)17-28-13-19-10-20(14-28)12-21(11-19)15-28/h2-9,19-21H,10-17,29H2,1H3. The number of fused-ring (bicyclic) bond motifs is 1. The lowest BCUT2D eigenvalue weighted by Crippen LogP contribution is -2.51. The Morgan fingerprint density at radius 1 is 0.914 bits per heavy atom. The van der Waals surface area contributed by atoms with Gasteiger partial charge in [-0.25, -0.2) is 0 Å². The highest BCUT2D eigenvalue weighted by atomic mass is 16.5. The molecule has 0 radical (unpaired) electrons. The minimum absolute atomic E-state index is 0.0513. The first kappa shape index (κ1) is 22.1. The van der Waals surface area contributed by atoms with Gasteiger partial charge in [0.25, 0.3) is 5.43 Å². The normalized spacial score (nSPS) is 27.5. The van der Waals surface area contributed by atoms with E-state index < -0.39 is 11.0 Å². The van der Waals surface area contributed by atoms with E-state index in [1.165, 1.54) is 38.5 Å². The number of benzene rings is 2. The Balaban J connectivity index is 1.53. The van der Waals surface area contributed by atoms with Crippen molar-refractivity contribution in [1.82, 2.24) is 9.13 Å². The summed E-state index contributed by atoms with van der Waals surface area (Å²) in [4.78, 5) is 27.0. The average Bonchev–Trinajstić information content (AvgIpc) is 2.93. The number of para-hydroxylation sites is 2. The maximum Gasteiger partial charge on any atom is 0.303 e. The van der Waals surface area contributed by atoms with Gasteiger partial charge in [0.15, 0.2) is 0 Å². The maximum atomic E-state index is 13.5. The Kier molecular flexibility index (Phi) is 5.31. The summed E-state index contributed by atoms with van der Waals surface area (Å²) in [5.41, 5.74) is 1.38. The second kappa shape index (κ2) is 8.40. The van der Waals surface area contributed by atoms with E-state index in [-0.39, 0.29) is 17.4 Å². The van der Waals surface area contributed by atoms with Crippen LogP contribution < -0.4 is 27.1 Å². The molecule has 2 aromatic carbocycles. The summed E-state index contributed by atoms with van der Waals surface area (Å²) < 4.78 is 8.78. The van der Waals surface area contributed by atoms with Gasteiger partial charge in [-0.15, -0.1) is 0 Å². The van der Waals surface area contributed by atoms with Crippen molar-refractivity contribution in [2.75, 3.05) is 7.11 Å². The van der Waals surface area contributed by atoms with E-state index in [2.05, 4.69) is 5.10 Å². The summed E-state index contributed by atoms with van der Waals surface area (Å²) in [5.74, 6) is 8.90. The van der Waals surface area contributed by atoms with Crippen LogP contribution in [0.3, 0.4) is 0 Å². The summed E-state index contributed by atoms with van der Waals surface area (Å²) >= 11 is 0. The number of hydrogen-bond acceptors (Lipinski definition) is 5. The predicted octanol–water partition coefficient (Wildman–Crippen LogP) is 3.21. The van der Waals surface area contributed by atoms with Gasteiger partial charge >= 0.3 is 5.56 Å². The molecular weight excluding hydrogens is 440 g/mol. The van der Waals surface area contributed by atoms with Crippen molar-refractivity contribution in [2.24, 2.45) is 34.1 Å². The first-order valence-corrected chi connectivity index (χ1v) is 12.6. The van der Waals surface area contributed by atoms with E-state index in [9.17, 15) is 9.59 Å². The molecule has 0 spiro atoms. The largest absolute Gasteiger partial charge is 0.497 e. The van der Waals surface area contributed by atoms with Gasteiger partial charge in [0, 0.05) is 6.54 Å². The highest BCUT2D eigenvalue weighted by molar-refractivity contribution is 5.74. The highest BCUT2D eigenvalue weighted by Gasteiger charge is 2.51. The van der Waals surface area contributed by atoms with Crippen molar-refractivity contribution in [3.05, 3.63) is 80.2 Å². The molecular formula is C28H32N4O3. The lowest BCUT2D eigenvalue weighted by molar-refractivity contribution is -0.0618. The average molecular weight is 473 g/mol. The van der Waals surface area contributed by atoms with Gasteiger partial charge in [-0.3, -0.25) is 14.2 Å². The molecule has 3 aromatic rings. The molecule has 182 valence electrons. The first-order chi connectivity index (χ1) is 17.0. The van der Waals surface area contributed by atoms with Gasteiger partial charge in [0.2, 0.25) is 5.49 Å². The third-order valence-electron chi connectivity index (χ3n) is 8.64. The van der Waals surface area contributed by atoms with Crippen molar-refractivity contribution in [3.8, 4) is 5.75 Å².